The molecule has 3 aromatic rings. The molecule has 0 unspecified atom stereocenters. The fourth-order valence-electron chi connectivity index (χ4n) is 2.48. The fourth-order valence-corrected chi connectivity index (χ4v) is 2.48. The molecule has 1 aliphatic carbocycles. The summed E-state index contributed by atoms with van der Waals surface area (Å²) in [6, 6.07) is 12.5. The first-order valence-electron chi connectivity index (χ1n) is 8.58. The molecule has 0 spiro atoms. The van der Waals surface area contributed by atoms with Gasteiger partial charge in [-0.3, -0.25) is 4.79 Å². The van der Waals surface area contributed by atoms with Crippen molar-refractivity contribution in [3.63, 3.8) is 0 Å². The highest BCUT2D eigenvalue weighted by atomic mass is 16.5. The van der Waals surface area contributed by atoms with Crippen LogP contribution in [0.15, 0.2) is 48.7 Å². The van der Waals surface area contributed by atoms with E-state index in [1.807, 2.05) is 25.1 Å². The zero-order chi connectivity index (χ0) is 17.9. The summed E-state index contributed by atoms with van der Waals surface area (Å²) in [6.07, 6.45) is 4.10. The second-order valence-electron chi connectivity index (χ2n) is 6.39. The third-order valence-corrected chi connectivity index (χ3v) is 4.18. The van der Waals surface area contributed by atoms with E-state index < -0.39 is 0 Å². The molecule has 0 saturated heterocycles. The van der Waals surface area contributed by atoms with E-state index in [0.717, 1.165) is 18.1 Å². The topological polar surface area (TPSA) is 81.9 Å². The summed E-state index contributed by atoms with van der Waals surface area (Å²) in [5.41, 5.74) is 1.36. The maximum atomic E-state index is 12.5. The summed E-state index contributed by atoms with van der Waals surface area (Å²) in [5.74, 6) is 2.33. The summed E-state index contributed by atoms with van der Waals surface area (Å²) in [4.78, 5) is 12.5. The van der Waals surface area contributed by atoms with Gasteiger partial charge in [-0.15, -0.1) is 5.10 Å². The second-order valence-corrected chi connectivity index (χ2v) is 6.39. The average molecular weight is 349 g/mol. The van der Waals surface area contributed by atoms with Crippen LogP contribution in [0.25, 0.3) is 5.82 Å². The number of nitrogens with one attached hydrogen (secondary N) is 1. The minimum atomic E-state index is -0.222. The molecule has 1 amide bonds. The van der Waals surface area contributed by atoms with Crippen LogP contribution in [0.3, 0.4) is 0 Å². The Kier molecular flexibility index (Phi) is 4.35. The normalized spacial score (nSPS) is 13.4. The van der Waals surface area contributed by atoms with Crippen LogP contribution in [-0.4, -0.2) is 32.5 Å². The van der Waals surface area contributed by atoms with Crippen molar-refractivity contribution in [2.45, 2.75) is 19.8 Å². The molecule has 2 aromatic heterocycles. The summed E-state index contributed by atoms with van der Waals surface area (Å²) in [7, 11) is 0. The van der Waals surface area contributed by atoms with Crippen molar-refractivity contribution in [2.24, 2.45) is 5.92 Å². The van der Waals surface area contributed by atoms with E-state index in [9.17, 15) is 4.79 Å². The molecule has 1 fully saturated rings. The van der Waals surface area contributed by atoms with E-state index >= 15 is 0 Å². The average Bonchev–Trinajstić information content (AvgIpc) is 3.39. The third-order valence-electron chi connectivity index (χ3n) is 4.18. The van der Waals surface area contributed by atoms with Gasteiger partial charge in [0.1, 0.15) is 11.6 Å². The van der Waals surface area contributed by atoms with Gasteiger partial charge >= 0.3 is 0 Å². The van der Waals surface area contributed by atoms with Crippen LogP contribution in [0.5, 0.6) is 5.75 Å². The van der Waals surface area contributed by atoms with Crippen LogP contribution >= 0.6 is 0 Å². The van der Waals surface area contributed by atoms with Gasteiger partial charge < -0.3 is 10.1 Å². The Morgan fingerprint density at radius 1 is 1.15 bits per heavy atom. The Bertz CT molecular complexity index is 898. The number of carbonyl (C=O) groups is 1. The molecule has 0 radical (unpaired) electrons. The lowest BCUT2D eigenvalue weighted by Crippen LogP contribution is -2.15. The minimum Gasteiger partial charge on any atom is -0.493 e. The molecule has 7 heteroatoms. The van der Waals surface area contributed by atoms with Gasteiger partial charge in [0.2, 0.25) is 0 Å². The van der Waals surface area contributed by atoms with Gasteiger partial charge in [0.25, 0.3) is 5.91 Å². The molecule has 0 bridgehead atoms. The highest BCUT2D eigenvalue weighted by Crippen LogP contribution is 2.29. The zero-order valence-corrected chi connectivity index (χ0v) is 14.4. The number of amides is 1. The van der Waals surface area contributed by atoms with Crippen LogP contribution in [0.2, 0.25) is 0 Å². The lowest BCUT2D eigenvalue weighted by atomic mass is 10.2. The molecule has 2 heterocycles. The summed E-state index contributed by atoms with van der Waals surface area (Å²) < 4.78 is 7.24. The SMILES string of the molecule is Cc1ccc(-n2nccc2NC(=O)c2ccc(OCC3CC3)cc2)nn1. The van der Waals surface area contributed by atoms with Crippen molar-refractivity contribution in [1.29, 1.82) is 0 Å². The maximum absolute atomic E-state index is 12.5. The molecular formula is C19H19N5O2. The number of ether oxygens (including phenoxy) is 1. The number of hydrogen-bond acceptors (Lipinski definition) is 5. The zero-order valence-electron chi connectivity index (χ0n) is 14.4. The molecule has 0 atom stereocenters. The first-order valence-corrected chi connectivity index (χ1v) is 8.58. The number of carbonyl (C=O) groups excluding carboxylic acids is 1. The molecule has 132 valence electrons. The van der Waals surface area contributed by atoms with Crippen molar-refractivity contribution >= 4 is 11.7 Å². The highest BCUT2D eigenvalue weighted by Gasteiger charge is 2.21. The molecule has 7 nitrogen and oxygen atoms in total. The van der Waals surface area contributed by atoms with Gasteiger partial charge in [0.15, 0.2) is 5.82 Å². The van der Waals surface area contributed by atoms with Crippen LogP contribution < -0.4 is 10.1 Å². The molecule has 0 aliphatic heterocycles. The van der Waals surface area contributed by atoms with Crippen LogP contribution in [-0.2, 0) is 0 Å². The Morgan fingerprint density at radius 2 is 1.96 bits per heavy atom. The van der Waals surface area contributed by atoms with Crippen molar-refractivity contribution < 1.29 is 9.53 Å². The molecule has 1 aromatic carbocycles. The molecule has 26 heavy (non-hydrogen) atoms. The van der Waals surface area contributed by atoms with Crippen molar-refractivity contribution in [3.8, 4) is 11.6 Å². The molecule has 1 N–H and O–H groups in total. The van der Waals surface area contributed by atoms with Gasteiger partial charge in [-0.25, -0.2) is 0 Å². The highest BCUT2D eigenvalue weighted by molar-refractivity contribution is 6.03. The predicted molar refractivity (Wildman–Crippen MR) is 96.5 cm³/mol. The van der Waals surface area contributed by atoms with Gasteiger partial charge in [-0.2, -0.15) is 14.9 Å². The Hall–Kier alpha value is -3.22. The summed E-state index contributed by atoms with van der Waals surface area (Å²) >= 11 is 0. The van der Waals surface area contributed by atoms with E-state index in [4.69, 9.17) is 4.74 Å². The van der Waals surface area contributed by atoms with Gasteiger partial charge in [0.05, 0.1) is 18.5 Å². The standard InChI is InChI=1S/C19H19N5O2/c1-13-2-9-18(23-22-13)24-17(10-11-20-24)21-19(25)15-5-7-16(8-6-15)26-12-14-3-4-14/h2,5-11,14H,3-4,12H2,1H3,(H,21,25). The molecule has 1 saturated carbocycles. The Balaban J connectivity index is 1.44. The third kappa shape index (κ3) is 3.72. The number of aromatic nitrogens is 4. The second kappa shape index (κ2) is 6.95. The quantitative estimate of drug-likeness (QED) is 0.740. The van der Waals surface area contributed by atoms with Crippen LogP contribution in [0, 0.1) is 12.8 Å². The molecule has 1 aliphatic rings. The number of hydrogen-bond donors (Lipinski definition) is 1. The van der Waals surface area contributed by atoms with Crippen molar-refractivity contribution in [1.82, 2.24) is 20.0 Å². The monoisotopic (exact) mass is 349 g/mol. The summed E-state index contributed by atoms with van der Waals surface area (Å²) in [6.45, 7) is 2.61. The first-order chi connectivity index (χ1) is 12.7. The number of nitrogens with zero attached hydrogens (tertiary/aromatic N) is 4. The van der Waals surface area contributed by atoms with E-state index in [1.165, 1.54) is 17.5 Å². The minimum absolute atomic E-state index is 0.222. The lowest BCUT2D eigenvalue weighted by molar-refractivity contribution is 0.102. The maximum Gasteiger partial charge on any atom is 0.256 e. The smallest absolute Gasteiger partial charge is 0.256 e. The fraction of sp³-hybridized carbons (Fsp3) is 0.263. The first kappa shape index (κ1) is 16.3. The van der Waals surface area contributed by atoms with E-state index in [2.05, 4.69) is 20.6 Å². The number of aryl methyl sites for hydroxylation is 1. The Labute approximate surface area is 151 Å². The van der Waals surface area contributed by atoms with Gasteiger partial charge in [0, 0.05) is 11.6 Å². The van der Waals surface area contributed by atoms with E-state index in [0.29, 0.717) is 23.1 Å². The number of anilines is 1. The van der Waals surface area contributed by atoms with E-state index in [-0.39, 0.29) is 5.91 Å². The Morgan fingerprint density at radius 3 is 2.65 bits per heavy atom. The van der Waals surface area contributed by atoms with Crippen LogP contribution in [0.1, 0.15) is 28.9 Å². The molecule has 4 rings (SSSR count). The van der Waals surface area contributed by atoms with Gasteiger partial charge in [-0.05, 0) is 62.1 Å². The summed E-state index contributed by atoms with van der Waals surface area (Å²) in [5, 5.41) is 15.2. The predicted octanol–water partition coefficient (Wildman–Crippen LogP) is 3.01. The lowest BCUT2D eigenvalue weighted by Gasteiger charge is -2.09. The number of rotatable bonds is 6. The van der Waals surface area contributed by atoms with Crippen molar-refractivity contribution in [2.75, 3.05) is 11.9 Å². The molecular weight excluding hydrogens is 330 g/mol. The van der Waals surface area contributed by atoms with Crippen LogP contribution in [0.4, 0.5) is 5.82 Å². The number of benzene rings is 1. The largest absolute Gasteiger partial charge is 0.493 e. The van der Waals surface area contributed by atoms with E-state index in [1.54, 1.807) is 30.5 Å². The van der Waals surface area contributed by atoms with Gasteiger partial charge in [-0.1, -0.05) is 0 Å². The van der Waals surface area contributed by atoms with Crippen molar-refractivity contribution in [3.05, 3.63) is 59.9 Å².